The average molecular weight is 527 g/mol. The van der Waals surface area contributed by atoms with Crippen LogP contribution in [-0.4, -0.2) is 21.3 Å². The van der Waals surface area contributed by atoms with Crippen molar-refractivity contribution in [2.75, 3.05) is 21.3 Å². The quantitative estimate of drug-likeness (QED) is 0.206. The third kappa shape index (κ3) is 5.50. The molecule has 0 N–H and O–H groups in total. The fourth-order valence-electron chi connectivity index (χ4n) is 3.04. The van der Waals surface area contributed by atoms with Gasteiger partial charge in [0, 0.05) is 0 Å². The van der Waals surface area contributed by atoms with Crippen molar-refractivity contribution in [3.8, 4) is 29.1 Å². The number of nitrogens with zero attached hydrogens (tertiary/aromatic N) is 1. The Balaban J connectivity index is 1.92. The first kappa shape index (κ1) is 22.5. The van der Waals surface area contributed by atoms with Gasteiger partial charge in [0.05, 0.1) is 36.5 Å². The molecule has 31 heavy (non-hydrogen) atoms. The van der Waals surface area contributed by atoms with Crippen molar-refractivity contribution in [1.82, 2.24) is 0 Å². The summed E-state index contributed by atoms with van der Waals surface area (Å²) in [4.78, 5) is 0. The molecule has 0 aliphatic heterocycles. The standard InChI is InChI=1S/C25H22INO4/c1-28-22-10-9-19(14-23(22)29-2)20(15-27)11-18-12-21(26)25(24(13-18)30-3)31-16-17-7-5-4-6-8-17/h4-14H,16H2,1-3H3/b20-11+. The Morgan fingerprint density at radius 3 is 2.26 bits per heavy atom. The Bertz CT molecular complexity index is 1120. The van der Waals surface area contributed by atoms with Gasteiger partial charge in [0.25, 0.3) is 0 Å². The summed E-state index contributed by atoms with van der Waals surface area (Å²) in [7, 11) is 4.75. The van der Waals surface area contributed by atoms with E-state index in [1.165, 1.54) is 0 Å². The molecule has 5 nitrogen and oxygen atoms in total. The predicted octanol–water partition coefficient (Wildman–Crippen LogP) is 5.96. The monoisotopic (exact) mass is 527 g/mol. The van der Waals surface area contributed by atoms with Crippen molar-refractivity contribution in [3.05, 3.63) is 80.9 Å². The van der Waals surface area contributed by atoms with Crippen LogP contribution in [-0.2, 0) is 6.61 Å². The van der Waals surface area contributed by atoms with Crippen molar-refractivity contribution in [2.24, 2.45) is 0 Å². The predicted molar refractivity (Wildman–Crippen MR) is 130 cm³/mol. The summed E-state index contributed by atoms with van der Waals surface area (Å²) in [6.07, 6.45) is 1.81. The minimum atomic E-state index is 0.442. The molecule has 3 aromatic carbocycles. The lowest BCUT2D eigenvalue weighted by Crippen LogP contribution is -2.00. The van der Waals surface area contributed by atoms with E-state index in [9.17, 15) is 5.26 Å². The molecule has 3 aromatic rings. The van der Waals surface area contributed by atoms with E-state index in [0.29, 0.717) is 35.2 Å². The molecule has 0 amide bonds. The summed E-state index contributed by atoms with van der Waals surface area (Å²) in [6, 6.07) is 21.4. The number of hydrogen-bond donors (Lipinski definition) is 0. The zero-order chi connectivity index (χ0) is 22.2. The van der Waals surface area contributed by atoms with Crippen LogP contribution in [0.2, 0.25) is 0 Å². The van der Waals surface area contributed by atoms with Gasteiger partial charge in [0.15, 0.2) is 23.0 Å². The number of nitriles is 1. The van der Waals surface area contributed by atoms with Crippen LogP contribution in [0.15, 0.2) is 60.7 Å². The van der Waals surface area contributed by atoms with Crippen LogP contribution in [0, 0.1) is 14.9 Å². The van der Waals surface area contributed by atoms with Crippen LogP contribution in [0.1, 0.15) is 16.7 Å². The van der Waals surface area contributed by atoms with Crippen molar-refractivity contribution >= 4 is 34.2 Å². The third-order valence-corrected chi connectivity index (χ3v) is 5.41. The summed E-state index contributed by atoms with van der Waals surface area (Å²) < 4.78 is 23.1. The number of halogens is 1. The lowest BCUT2D eigenvalue weighted by molar-refractivity contribution is 0.282. The fraction of sp³-hybridized carbons (Fsp3) is 0.160. The molecule has 0 aliphatic carbocycles. The maximum absolute atomic E-state index is 9.74. The topological polar surface area (TPSA) is 60.7 Å². The van der Waals surface area contributed by atoms with Crippen LogP contribution >= 0.6 is 22.6 Å². The molecule has 0 atom stereocenters. The Labute approximate surface area is 196 Å². The molecule has 0 heterocycles. The van der Waals surface area contributed by atoms with E-state index in [-0.39, 0.29) is 0 Å². The van der Waals surface area contributed by atoms with Crippen LogP contribution in [0.25, 0.3) is 11.6 Å². The molecule has 158 valence electrons. The molecular weight excluding hydrogens is 505 g/mol. The van der Waals surface area contributed by atoms with E-state index in [0.717, 1.165) is 20.3 Å². The summed E-state index contributed by atoms with van der Waals surface area (Å²) >= 11 is 2.22. The summed E-state index contributed by atoms with van der Waals surface area (Å²) in [5, 5.41) is 9.74. The number of ether oxygens (including phenoxy) is 4. The summed E-state index contributed by atoms with van der Waals surface area (Å²) in [5.41, 5.74) is 3.14. The lowest BCUT2D eigenvalue weighted by atomic mass is 10.0. The van der Waals surface area contributed by atoms with Gasteiger partial charge < -0.3 is 18.9 Å². The zero-order valence-corrected chi connectivity index (χ0v) is 19.7. The Hall–Kier alpha value is -3.18. The van der Waals surface area contributed by atoms with Gasteiger partial charge in [-0.3, -0.25) is 0 Å². The van der Waals surface area contributed by atoms with Gasteiger partial charge in [-0.25, -0.2) is 0 Å². The van der Waals surface area contributed by atoms with Crippen molar-refractivity contribution < 1.29 is 18.9 Å². The van der Waals surface area contributed by atoms with Gasteiger partial charge in [-0.1, -0.05) is 30.3 Å². The molecule has 0 saturated heterocycles. The number of benzene rings is 3. The second-order valence-electron chi connectivity index (χ2n) is 6.55. The van der Waals surface area contributed by atoms with Gasteiger partial charge in [-0.05, 0) is 75.7 Å². The van der Waals surface area contributed by atoms with Crippen molar-refractivity contribution in [2.45, 2.75) is 6.61 Å². The first-order valence-electron chi connectivity index (χ1n) is 9.48. The number of hydrogen-bond acceptors (Lipinski definition) is 5. The molecule has 0 aliphatic rings. The second kappa shape index (κ2) is 10.7. The number of allylic oxidation sites excluding steroid dienone is 1. The molecule has 0 spiro atoms. The minimum Gasteiger partial charge on any atom is -0.493 e. The van der Waals surface area contributed by atoms with Crippen LogP contribution in [0.4, 0.5) is 0 Å². The van der Waals surface area contributed by atoms with E-state index >= 15 is 0 Å². The van der Waals surface area contributed by atoms with Crippen molar-refractivity contribution in [1.29, 1.82) is 5.26 Å². The highest BCUT2D eigenvalue weighted by Crippen LogP contribution is 2.36. The van der Waals surface area contributed by atoms with Crippen LogP contribution in [0.5, 0.6) is 23.0 Å². The largest absolute Gasteiger partial charge is 0.493 e. The highest BCUT2D eigenvalue weighted by molar-refractivity contribution is 14.1. The third-order valence-electron chi connectivity index (χ3n) is 4.60. The highest BCUT2D eigenvalue weighted by Gasteiger charge is 2.13. The zero-order valence-electron chi connectivity index (χ0n) is 17.5. The van der Waals surface area contributed by atoms with Crippen LogP contribution < -0.4 is 18.9 Å². The SMILES string of the molecule is COc1ccc(/C(C#N)=C/c2cc(I)c(OCc3ccccc3)c(OC)c2)cc1OC. The fourth-order valence-corrected chi connectivity index (χ4v) is 3.82. The van der Waals surface area contributed by atoms with Crippen LogP contribution in [0.3, 0.4) is 0 Å². The first-order chi connectivity index (χ1) is 15.1. The normalized spacial score (nSPS) is 10.9. The van der Waals surface area contributed by atoms with E-state index in [1.807, 2.05) is 54.6 Å². The molecule has 0 saturated carbocycles. The van der Waals surface area contributed by atoms with E-state index in [1.54, 1.807) is 33.5 Å². The van der Waals surface area contributed by atoms with Gasteiger partial charge in [-0.2, -0.15) is 5.26 Å². The average Bonchev–Trinajstić information content (AvgIpc) is 2.81. The van der Waals surface area contributed by atoms with Gasteiger partial charge in [0.2, 0.25) is 0 Å². The molecule has 0 fully saturated rings. The first-order valence-corrected chi connectivity index (χ1v) is 10.6. The van der Waals surface area contributed by atoms with E-state index in [4.69, 9.17) is 18.9 Å². The Morgan fingerprint density at radius 1 is 0.903 bits per heavy atom. The Kier molecular flexibility index (Phi) is 7.79. The summed E-state index contributed by atoms with van der Waals surface area (Å²) in [5.74, 6) is 2.46. The van der Waals surface area contributed by atoms with Crippen molar-refractivity contribution in [3.63, 3.8) is 0 Å². The lowest BCUT2D eigenvalue weighted by Gasteiger charge is -2.14. The molecule has 0 aromatic heterocycles. The smallest absolute Gasteiger partial charge is 0.174 e. The number of methoxy groups -OCH3 is 3. The number of rotatable bonds is 8. The molecule has 0 bridgehead atoms. The highest BCUT2D eigenvalue weighted by atomic mass is 127. The maximum Gasteiger partial charge on any atom is 0.174 e. The van der Waals surface area contributed by atoms with Gasteiger partial charge >= 0.3 is 0 Å². The second-order valence-corrected chi connectivity index (χ2v) is 7.71. The van der Waals surface area contributed by atoms with E-state index < -0.39 is 0 Å². The summed E-state index contributed by atoms with van der Waals surface area (Å²) in [6.45, 7) is 0.442. The Morgan fingerprint density at radius 2 is 1.61 bits per heavy atom. The maximum atomic E-state index is 9.74. The van der Waals surface area contributed by atoms with Gasteiger partial charge in [-0.15, -0.1) is 0 Å². The molecule has 3 rings (SSSR count). The minimum absolute atomic E-state index is 0.442. The molecular formula is C25H22INO4. The molecule has 0 radical (unpaired) electrons. The van der Waals surface area contributed by atoms with E-state index in [2.05, 4.69) is 28.7 Å². The van der Waals surface area contributed by atoms with Gasteiger partial charge in [0.1, 0.15) is 6.61 Å². The molecule has 6 heteroatoms. The molecule has 0 unspecified atom stereocenters.